The van der Waals surface area contributed by atoms with Gasteiger partial charge in [0.1, 0.15) is 0 Å². The molecule has 4 nitrogen and oxygen atoms in total. The molecule has 1 rings (SSSR count). The molecule has 5 heteroatoms. The topological polar surface area (TPSA) is 64.3 Å². The highest BCUT2D eigenvalue weighted by molar-refractivity contribution is 9.10. The summed E-state index contributed by atoms with van der Waals surface area (Å²) < 4.78 is 5.35. The van der Waals surface area contributed by atoms with Gasteiger partial charge >= 0.3 is 6.09 Å². The van der Waals surface area contributed by atoms with Crippen LogP contribution < -0.4 is 11.1 Å². The van der Waals surface area contributed by atoms with E-state index < -0.39 is 6.09 Å². The molecule has 0 aliphatic rings. The Morgan fingerprint density at radius 2 is 2.21 bits per heavy atom. The molecule has 0 aromatic heterocycles. The smallest absolute Gasteiger partial charge is 0.411 e. The van der Waals surface area contributed by atoms with Crippen LogP contribution in [0.2, 0.25) is 0 Å². The van der Waals surface area contributed by atoms with E-state index >= 15 is 0 Å². The Labute approximate surface area is 90.6 Å². The third-order valence-electron chi connectivity index (χ3n) is 1.74. The van der Waals surface area contributed by atoms with Crippen molar-refractivity contribution in [3.8, 4) is 0 Å². The van der Waals surface area contributed by atoms with Gasteiger partial charge in [0.05, 0.1) is 18.5 Å². The predicted octanol–water partition coefficient (Wildman–Crippen LogP) is 2.52. The van der Waals surface area contributed by atoms with Gasteiger partial charge in [0, 0.05) is 4.47 Å². The van der Waals surface area contributed by atoms with E-state index in [4.69, 9.17) is 5.73 Å². The molecule has 0 heterocycles. The zero-order valence-electron chi connectivity index (χ0n) is 7.93. The molecule has 0 saturated carbocycles. The highest BCUT2D eigenvalue weighted by Gasteiger charge is 2.08. The van der Waals surface area contributed by atoms with Crippen molar-refractivity contribution in [1.82, 2.24) is 0 Å². The molecule has 0 saturated heterocycles. The average Bonchev–Trinajstić information content (AvgIpc) is 2.10. The maximum atomic E-state index is 11.0. The molecule has 14 heavy (non-hydrogen) atoms. The molecule has 0 fully saturated rings. The number of nitrogen functional groups attached to an aromatic ring is 1. The van der Waals surface area contributed by atoms with Gasteiger partial charge in [-0.05, 0) is 24.6 Å². The molecule has 0 bridgehead atoms. The predicted molar refractivity (Wildman–Crippen MR) is 59.3 cm³/mol. The number of halogens is 1. The van der Waals surface area contributed by atoms with Gasteiger partial charge in [-0.15, -0.1) is 0 Å². The molecular weight excluding hydrogens is 248 g/mol. The Balaban J connectivity index is 3.02. The van der Waals surface area contributed by atoms with Crippen molar-refractivity contribution in [3.05, 3.63) is 22.2 Å². The lowest BCUT2D eigenvalue weighted by Crippen LogP contribution is -2.13. The molecular formula is C9H11BrN2O2. The van der Waals surface area contributed by atoms with E-state index in [1.807, 2.05) is 13.0 Å². The Bertz CT molecular complexity index is 343. The second kappa shape index (κ2) is 4.32. The number of carbonyl (C=O) groups excluding carboxylic acids is 1. The van der Waals surface area contributed by atoms with Gasteiger partial charge in [-0.3, -0.25) is 5.32 Å². The summed E-state index contributed by atoms with van der Waals surface area (Å²) in [6, 6.07) is 3.58. The molecule has 0 unspecified atom stereocenters. The Morgan fingerprint density at radius 3 is 2.71 bits per heavy atom. The minimum Gasteiger partial charge on any atom is -0.453 e. The van der Waals surface area contributed by atoms with E-state index in [0.29, 0.717) is 11.4 Å². The van der Waals surface area contributed by atoms with E-state index in [-0.39, 0.29) is 0 Å². The number of methoxy groups -OCH3 is 1. The van der Waals surface area contributed by atoms with Gasteiger partial charge < -0.3 is 10.5 Å². The van der Waals surface area contributed by atoms with Crippen LogP contribution in [-0.4, -0.2) is 13.2 Å². The lowest BCUT2D eigenvalue weighted by atomic mass is 10.2. The number of amides is 1. The van der Waals surface area contributed by atoms with Crippen molar-refractivity contribution in [2.24, 2.45) is 0 Å². The van der Waals surface area contributed by atoms with E-state index in [9.17, 15) is 4.79 Å². The van der Waals surface area contributed by atoms with Gasteiger partial charge in [0.15, 0.2) is 0 Å². The third kappa shape index (κ3) is 2.38. The van der Waals surface area contributed by atoms with Gasteiger partial charge in [0.25, 0.3) is 0 Å². The van der Waals surface area contributed by atoms with E-state index in [1.165, 1.54) is 7.11 Å². The number of anilines is 2. The highest BCUT2D eigenvalue weighted by atomic mass is 79.9. The summed E-state index contributed by atoms with van der Waals surface area (Å²) in [6.45, 7) is 1.85. The number of hydrogen-bond donors (Lipinski definition) is 2. The molecule has 0 aliphatic heterocycles. The lowest BCUT2D eigenvalue weighted by molar-refractivity contribution is 0.187. The summed E-state index contributed by atoms with van der Waals surface area (Å²) in [5.41, 5.74) is 7.69. The summed E-state index contributed by atoms with van der Waals surface area (Å²) in [7, 11) is 1.31. The summed E-state index contributed by atoms with van der Waals surface area (Å²) in [5, 5.41) is 2.55. The molecule has 1 aromatic carbocycles. The van der Waals surface area contributed by atoms with Crippen molar-refractivity contribution in [1.29, 1.82) is 0 Å². The second-order valence-electron chi connectivity index (χ2n) is 2.80. The van der Waals surface area contributed by atoms with Crippen LogP contribution in [0.15, 0.2) is 16.6 Å². The summed E-state index contributed by atoms with van der Waals surface area (Å²) >= 11 is 3.31. The highest BCUT2D eigenvalue weighted by Crippen LogP contribution is 2.27. The van der Waals surface area contributed by atoms with Crippen molar-refractivity contribution >= 4 is 33.4 Å². The molecule has 0 aliphatic carbocycles. The van der Waals surface area contributed by atoms with Crippen molar-refractivity contribution in [2.45, 2.75) is 6.92 Å². The Kier molecular flexibility index (Phi) is 3.35. The van der Waals surface area contributed by atoms with E-state index in [2.05, 4.69) is 26.0 Å². The van der Waals surface area contributed by atoms with Crippen LogP contribution >= 0.6 is 15.9 Å². The first-order valence-corrected chi connectivity index (χ1v) is 4.74. The Hall–Kier alpha value is -1.23. The number of benzene rings is 1. The fraction of sp³-hybridized carbons (Fsp3) is 0.222. The minimum absolute atomic E-state index is 0.502. The molecule has 3 N–H and O–H groups in total. The van der Waals surface area contributed by atoms with Gasteiger partial charge in [-0.25, -0.2) is 4.79 Å². The number of ether oxygens (including phenoxy) is 1. The van der Waals surface area contributed by atoms with E-state index in [0.717, 1.165) is 10.0 Å². The maximum absolute atomic E-state index is 11.0. The van der Waals surface area contributed by atoms with Crippen LogP contribution in [0.4, 0.5) is 16.2 Å². The zero-order valence-corrected chi connectivity index (χ0v) is 9.51. The normalized spacial score (nSPS) is 9.64. The van der Waals surface area contributed by atoms with Crippen LogP contribution in [0.5, 0.6) is 0 Å². The van der Waals surface area contributed by atoms with Crippen molar-refractivity contribution in [3.63, 3.8) is 0 Å². The number of carbonyl (C=O) groups is 1. The van der Waals surface area contributed by atoms with Gasteiger partial charge in [-0.1, -0.05) is 15.9 Å². The first-order valence-electron chi connectivity index (χ1n) is 3.95. The van der Waals surface area contributed by atoms with Crippen LogP contribution in [0.3, 0.4) is 0 Å². The van der Waals surface area contributed by atoms with Crippen molar-refractivity contribution in [2.75, 3.05) is 18.2 Å². The number of rotatable bonds is 1. The summed E-state index contributed by atoms with van der Waals surface area (Å²) in [6.07, 6.45) is -0.526. The second-order valence-corrected chi connectivity index (χ2v) is 3.72. The fourth-order valence-corrected chi connectivity index (χ4v) is 1.68. The minimum atomic E-state index is -0.526. The summed E-state index contributed by atoms with van der Waals surface area (Å²) in [4.78, 5) is 11.0. The molecule has 76 valence electrons. The molecule has 1 aromatic rings. The monoisotopic (exact) mass is 258 g/mol. The SMILES string of the molecule is COC(=O)Nc1c(C)cc(Br)cc1N. The van der Waals surface area contributed by atoms with Crippen LogP contribution in [-0.2, 0) is 4.74 Å². The number of aryl methyl sites for hydroxylation is 1. The Morgan fingerprint density at radius 1 is 1.57 bits per heavy atom. The lowest BCUT2D eigenvalue weighted by Gasteiger charge is -2.10. The van der Waals surface area contributed by atoms with Crippen LogP contribution in [0.25, 0.3) is 0 Å². The van der Waals surface area contributed by atoms with Crippen molar-refractivity contribution < 1.29 is 9.53 Å². The van der Waals surface area contributed by atoms with Gasteiger partial charge in [0.2, 0.25) is 0 Å². The third-order valence-corrected chi connectivity index (χ3v) is 2.20. The zero-order chi connectivity index (χ0) is 10.7. The average molecular weight is 259 g/mol. The number of hydrogen-bond acceptors (Lipinski definition) is 3. The first-order chi connectivity index (χ1) is 6.54. The summed E-state index contributed by atoms with van der Waals surface area (Å²) in [5.74, 6) is 0. The van der Waals surface area contributed by atoms with Crippen LogP contribution in [0.1, 0.15) is 5.56 Å². The maximum Gasteiger partial charge on any atom is 0.411 e. The van der Waals surface area contributed by atoms with Crippen LogP contribution in [0, 0.1) is 6.92 Å². The fourth-order valence-electron chi connectivity index (χ4n) is 1.09. The standard InChI is InChI=1S/C9H11BrN2O2/c1-5-3-6(10)4-7(11)8(5)12-9(13)14-2/h3-4H,11H2,1-2H3,(H,12,13). The number of nitrogens with one attached hydrogen (secondary N) is 1. The largest absolute Gasteiger partial charge is 0.453 e. The molecule has 0 spiro atoms. The van der Waals surface area contributed by atoms with Gasteiger partial charge in [-0.2, -0.15) is 0 Å². The first kappa shape index (κ1) is 10.8. The molecule has 0 radical (unpaired) electrons. The molecule has 0 atom stereocenters. The quantitative estimate of drug-likeness (QED) is 0.761. The number of nitrogens with two attached hydrogens (primary N) is 1. The molecule has 1 amide bonds. The van der Waals surface area contributed by atoms with E-state index in [1.54, 1.807) is 6.07 Å².